The zero-order chi connectivity index (χ0) is 19.4. The zero-order valence-electron chi connectivity index (χ0n) is 17.6. The Hall–Kier alpha value is -2.34. The number of benzene rings is 4. The van der Waals surface area contributed by atoms with E-state index in [-0.39, 0.29) is 0 Å². The molecule has 0 fully saturated rings. The number of hydrogen-bond acceptors (Lipinski definition) is 0. The van der Waals surface area contributed by atoms with E-state index in [9.17, 15) is 0 Å². The Kier molecular flexibility index (Phi) is 6.42. The van der Waals surface area contributed by atoms with Gasteiger partial charge in [-0.05, 0) is 82.3 Å². The van der Waals surface area contributed by atoms with Gasteiger partial charge in [-0.25, -0.2) is 0 Å². The fraction of sp³-hybridized carbons (Fsp3) is 0.308. The summed E-state index contributed by atoms with van der Waals surface area (Å²) in [6.07, 6.45) is 0. The highest BCUT2D eigenvalue weighted by Crippen LogP contribution is 2.37. The highest BCUT2D eigenvalue weighted by Gasteiger charge is 2.10. The minimum atomic E-state index is 1.36. The van der Waals surface area contributed by atoms with Crippen molar-refractivity contribution in [3.63, 3.8) is 0 Å². The molecule has 136 valence electrons. The Morgan fingerprint density at radius 2 is 0.615 bits per heavy atom. The van der Waals surface area contributed by atoms with E-state index in [2.05, 4.69) is 76.2 Å². The fourth-order valence-corrected chi connectivity index (χ4v) is 3.48. The number of hydrogen-bond donors (Lipinski definition) is 0. The van der Waals surface area contributed by atoms with E-state index in [0.717, 1.165) is 0 Å². The average molecular weight is 345 g/mol. The van der Waals surface area contributed by atoms with E-state index in [1.807, 2.05) is 27.7 Å². The molecule has 0 aromatic heterocycles. The second kappa shape index (κ2) is 8.36. The molecule has 0 aliphatic rings. The molecule has 0 bridgehead atoms. The molecule has 0 heterocycles. The Balaban J connectivity index is 0.000000570. The minimum Gasteiger partial charge on any atom is -0.0683 e. The average Bonchev–Trinajstić information content (AvgIpc) is 2.68. The van der Waals surface area contributed by atoms with Gasteiger partial charge in [-0.1, -0.05) is 76.2 Å². The maximum absolute atomic E-state index is 2.36. The molecule has 0 spiro atoms. The highest BCUT2D eigenvalue weighted by atomic mass is 14.1. The Morgan fingerprint density at radius 1 is 0.385 bits per heavy atom. The molecule has 0 N–H and O–H groups in total. The van der Waals surface area contributed by atoms with Crippen LogP contribution in [0.2, 0.25) is 0 Å². The zero-order valence-corrected chi connectivity index (χ0v) is 17.6. The lowest BCUT2D eigenvalue weighted by Crippen LogP contribution is -1.89. The second-order valence-electron chi connectivity index (χ2n) is 6.51. The topological polar surface area (TPSA) is 0 Å². The third kappa shape index (κ3) is 3.33. The lowest BCUT2D eigenvalue weighted by molar-refractivity contribution is 1.36. The molecular formula is C26H32. The normalized spacial score (nSPS) is 10.3. The van der Waals surface area contributed by atoms with Gasteiger partial charge in [-0.15, -0.1) is 0 Å². The molecule has 0 heteroatoms. The van der Waals surface area contributed by atoms with Crippen LogP contribution < -0.4 is 0 Å². The summed E-state index contributed by atoms with van der Waals surface area (Å²) in [4.78, 5) is 0. The van der Waals surface area contributed by atoms with Crippen LogP contribution in [0.5, 0.6) is 0 Å². The second-order valence-corrected chi connectivity index (χ2v) is 6.51. The molecule has 0 aliphatic carbocycles. The minimum absolute atomic E-state index is 1.36. The van der Waals surface area contributed by atoms with Crippen LogP contribution in [-0.4, -0.2) is 0 Å². The van der Waals surface area contributed by atoms with Crippen LogP contribution in [0.1, 0.15) is 49.9 Å². The molecular weight excluding hydrogens is 312 g/mol. The molecule has 26 heavy (non-hydrogen) atoms. The van der Waals surface area contributed by atoms with Gasteiger partial charge in [0.15, 0.2) is 0 Å². The van der Waals surface area contributed by atoms with E-state index in [1.165, 1.54) is 54.6 Å². The molecule has 0 saturated heterocycles. The smallest absolute Gasteiger partial charge is 0.00960 e. The molecule has 0 radical (unpaired) electrons. The Morgan fingerprint density at radius 3 is 0.885 bits per heavy atom. The number of fused-ring (bicyclic) bond motifs is 6. The van der Waals surface area contributed by atoms with E-state index in [1.54, 1.807) is 0 Å². The molecule has 0 unspecified atom stereocenters. The molecule has 4 aromatic rings. The molecule has 0 nitrogen and oxygen atoms in total. The van der Waals surface area contributed by atoms with Crippen molar-refractivity contribution in [3.05, 3.63) is 70.8 Å². The summed E-state index contributed by atoms with van der Waals surface area (Å²) >= 11 is 0. The summed E-state index contributed by atoms with van der Waals surface area (Å²) in [6, 6.07) is 18.2. The molecule has 0 amide bonds. The molecule has 0 aliphatic heterocycles. The molecule has 4 aromatic carbocycles. The predicted octanol–water partition coefficient (Wildman–Crippen LogP) is 8.43. The van der Waals surface area contributed by atoms with Crippen molar-refractivity contribution in [3.8, 4) is 0 Å². The van der Waals surface area contributed by atoms with Crippen molar-refractivity contribution in [1.82, 2.24) is 0 Å². The summed E-state index contributed by atoms with van der Waals surface area (Å²) in [5, 5.41) is 8.21. The summed E-state index contributed by atoms with van der Waals surface area (Å²) in [5.41, 5.74) is 5.45. The SMILES string of the molecule is CC.CC.Cc1cc2c3ccccc3c3cc(C)c(C)cc3c2cc1C. The van der Waals surface area contributed by atoms with Crippen molar-refractivity contribution in [2.45, 2.75) is 55.4 Å². The van der Waals surface area contributed by atoms with Gasteiger partial charge in [0.1, 0.15) is 0 Å². The summed E-state index contributed by atoms with van der Waals surface area (Å²) in [6.45, 7) is 16.8. The lowest BCUT2D eigenvalue weighted by atomic mass is 9.90. The first kappa shape index (κ1) is 20.0. The van der Waals surface area contributed by atoms with Gasteiger partial charge in [0.05, 0.1) is 0 Å². The van der Waals surface area contributed by atoms with Gasteiger partial charge in [0.25, 0.3) is 0 Å². The van der Waals surface area contributed by atoms with Gasteiger partial charge < -0.3 is 0 Å². The first-order chi connectivity index (χ1) is 12.6. The van der Waals surface area contributed by atoms with Crippen LogP contribution in [0.4, 0.5) is 0 Å². The van der Waals surface area contributed by atoms with Crippen molar-refractivity contribution >= 4 is 32.3 Å². The van der Waals surface area contributed by atoms with Crippen molar-refractivity contribution in [2.24, 2.45) is 0 Å². The van der Waals surface area contributed by atoms with E-state index < -0.39 is 0 Å². The fourth-order valence-electron chi connectivity index (χ4n) is 3.48. The third-order valence-corrected chi connectivity index (χ3v) is 5.07. The standard InChI is InChI=1S/C22H20.2C2H6/c1-13-9-19-17-7-5-6-8-18(17)20-10-14(2)16(4)12-22(20)21(19)11-15(13)3;2*1-2/h5-12H,1-4H3;2*1-2H3. The van der Waals surface area contributed by atoms with Gasteiger partial charge >= 0.3 is 0 Å². The van der Waals surface area contributed by atoms with Gasteiger partial charge in [0, 0.05) is 0 Å². The van der Waals surface area contributed by atoms with Crippen LogP contribution in [0.15, 0.2) is 48.5 Å². The van der Waals surface area contributed by atoms with Crippen LogP contribution in [0.25, 0.3) is 32.3 Å². The Bertz CT molecular complexity index is 966. The van der Waals surface area contributed by atoms with Gasteiger partial charge in [0.2, 0.25) is 0 Å². The predicted molar refractivity (Wildman–Crippen MR) is 121 cm³/mol. The van der Waals surface area contributed by atoms with Gasteiger partial charge in [-0.2, -0.15) is 0 Å². The van der Waals surface area contributed by atoms with Crippen molar-refractivity contribution < 1.29 is 0 Å². The molecule has 0 saturated carbocycles. The van der Waals surface area contributed by atoms with Crippen LogP contribution in [-0.2, 0) is 0 Å². The third-order valence-electron chi connectivity index (χ3n) is 5.07. The summed E-state index contributed by atoms with van der Waals surface area (Å²) in [7, 11) is 0. The highest BCUT2D eigenvalue weighted by molar-refractivity contribution is 6.25. The first-order valence-corrected chi connectivity index (χ1v) is 9.89. The Labute approximate surface area is 158 Å². The summed E-state index contributed by atoms with van der Waals surface area (Å²) in [5.74, 6) is 0. The first-order valence-electron chi connectivity index (χ1n) is 9.89. The summed E-state index contributed by atoms with van der Waals surface area (Å²) < 4.78 is 0. The molecule has 0 atom stereocenters. The quantitative estimate of drug-likeness (QED) is 0.281. The number of aryl methyl sites for hydroxylation is 4. The maximum atomic E-state index is 2.36. The van der Waals surface area contributed by atoms with E-state index >= 15 is 0 Å². The van der Waals surface area contributed by atoms with Crippen LogP contribution in [0, 0.1) is 27.7 Å². The maximum Gasteiger partial charge on any atom is -0.00960 e. The lowest BCUT2D eigenvalue weighted by Gasteiger charge is -2.14. The monoisotopic (exact) mass is 344 g/mol. The molecule has 4 rings (SSSR count). The van der Waals surface area contributed by atoms with Crippen molar-refractivity contribution in [2.75, 3.05) is 0 Å². The van der Waals surface area contributed by atoms with Crippen LogP contribution >= 0.6 is 0 Å². The van der Waals surface area contributed by atoms with E-state index in [0.29, 0.717) is 0 Å². The van der Waals surface area contributed by atoms with Crippen LogP contribution in [0.3, 0.4) is 0 Å². The van der Waals surface area contributed by atoms with Gasteiger partial charge in [-0.3, -0.25) is 0 Å². The number of rotatable bonds is 0. The van der Waals surface area contributed by atoms with E-state index in [4.69, 9.17) is 0 Å². The van der Waals surface area contributed by atoms with Crippen molar-refractivity contribution in [1.29, 1.82) is 0 Å². The largest absolute Gasteiger partial charge is 0.0683 e.